The number of carbonyl (C=O) groups excluding carboxylic acids is 2. The molecule has 130 valence electrons. The van der Waals surface area contributed by atoms with Crippen molar-refractivity contribution in [3.05, 3.63) is 45.3 Å². The van der Waals surface area contributed by atoms with E-state index in [4.69, 9.17) is 4.74 Å². The van der Waals surface area contributed by atoms with E-state index in [2.05, 4.69) is 10.1 Å². The molecule has 0 aliphatic carbocycles. The van der Waals surface area contributed by atoms with E-state index in [0.29, 0.717) is 21.2 Å². The highest BCUT2D eigenvalue weighted by Gasteiger charge is 2.22. The smallest absolute Gasteiger partial charge is 0.348 e. The quantitative estimate of drug-likeness (QED) is 0.828. The van der Waals surface area contributed by atoms with Crippen molar-refractivity contribution in [2.24, 2.45) is 0 Å². The monoisotopic (exact) mass is 358 g/mol. The number of nitrogens with zero attached hydrogens (tertiary/aromatic N) is 1. The molecule has 0 aliphatic heterocycles. The topological polar surface area (TPSA) is 88.4 Å². The number of aryl methyl sites for hydroxylation is 1. The summed E-state index contributed by atoms with van der Waals surface area (Å²) in [5.41, 5.74) is 2.78. The third-order valence-electron chi connectivity index (χ3n) is 3.80. The SMILES string of the molecule is COC(=O)c1sc(NC(=O)COc2cccc(C)c2C)c(C#N)c1C. The fraction of sp³-hybridized carbons (Fsp3) is 0.278. The molecule has 2 rings (SSSR count). The van der Waals surface area contributed by atoms with Gasteiger partial charge in [0.2, 0.25) is 0 Å². The number of rotatable bonds is 5. The first-order valence-electron chi connectivity index (χ1n) is 7.49. The van der Waals surface area contributed by atoms with Gasteiger partial charge in [0.1, 0.15) is 21.7 Å². The third-order valence-corrected chi connectivity index (χ3v) is 4.98. The average molecular weight is 358 g/mol. The van der Waals surface area contributed by atoms with Crippen LogP contribution in [0.1, 0.15) is 31.9 Å². The van der Waals surface area contributed by atoms with Crippen molar-refractivity contribution in [3.63, 3.8) is 0 Å². The Labute approximate surface area is 150 Å². The van der Waals surface area contributed by atoms with Crippen LogP contribution in [-0.2, 0) is 9.53 Å². The summed E-state index contributed by atoms with van der Waals surface area (Å²) in [7, 11) is 1.27. The lowest BCUT2D eigenvalue weighted by Gasteiger charge is -2.10. The van der Waals surface area contributed by atoms with Crippen molar-refractivity contribution < 1.29 is 19.1 Å². The summed E-state index contributed by atoms with van der Waals surface area (Å²) < 4.78 is 10.2. The maximum Gasteiger partial charge on any atom is 0.348 e. The molecule has 0 saturated heterocycles. The Morgan fingerprint density at radius 1 is 1.24 bits per heavy atom. The number of hydrogen-bond acceptors (Lipinski definition) is 6. The minimum atomic E-state index is -0.536. The lowest BCUT2D eigenvalue weighted by atomic mass is 10.1. The van der Waals surface area contributed by atoms with Gasteiger partial charge in [-0.3, -0.25) is 4.79 Å². The summed E-state index contributed by atoms with van der Waals surface area (Å²) in [6.45, 7) is 5.33. The maximum absolute atomic E-state index is 12.2. The minimum absolute atomic E-state index is 0.195. The van der Waals surface area contributed by atoms with Crippen LogP contribution in [0.25, 0.3) is 0 Å². The average Bonchev–Trinajstić information content (AvgIpc) is 2.90. The van der Waals surface area contributed by atoms with Crippen LogP contribution < -0.4 is 10.1 Å². The van der Waals surface area contributed by atoms with Gasteiger partial charge >= 0.3 is 5.97 Å². The van der Waals surface area contributed by atoms with Crippen LogP contribution in [0.2, 0.25) is 0 Å². The molecule has 0 atom stereocenters. The van der Waals surface area contributed by atoms with Gasteiger partial charge in [0, 0.05) is 0 Å². The van der Waals surface area contributed by atoms with Gasteiger partial charge in [0.05, 0.1) is 12.7 Å². The molecule has 0 aliphatic rings. The van der Waals surface area contributed by atoms with Gasteiger partial charge < -0.3 is 14.8 Å². The molecule has 0 unspecified atom stereocenters. The zero-order valence-corrected chi connectivity index (χ0v) is 15.2. The van der Waals surface area contributed by atoms with Gasteiger partial charge in [-0.25, -0.2) is 4.79 Å². The highest BCUT2D eigenvalue weighted by Crippen LogP contribution is 2.33. The van der Waals surface area contributed by atoms with Gasteiger partial charge in [0.25, 0.3) is 5.91 Å². The molecule has 0 saturated carbocycles. The standard InChI is InChI=1S/C18H18N2O4S/c1-10-6-5-7-14(11(10)2)24-9-15(21)20-17-13(8-19)12(3)16(25-17)18(22)23-4/h5-7H,9H2,1-4H3,(H,20,21). The fourth-order valence-corrected chi connectivity index (χ4v) is 3.30. The molecule has 1 aromatic heterocycles. The van der Waals surface area contributed by atoms with Crippen molar-refractivity contribution in [1.82, 2.24) is 0 Å². The number of hydrogen-bond donors (Lipinski definition) is 1. The highest BCUT2D eigenvalue weighted by molar-refractivity contribution is 7.18. The molecule has 1 amide bonds. The summed E-state index contributed by atoms with van der Waals surface area (Å²) in [4.78, 5) is 24.2. The summed E-state index contributed by atoms with van der Waals surface area (Å²) in [6, 6.07) is 7.62. The molecule has 25 heavy (non-hydrogen) atoms. The van der Waals surface area contributed by atoms with Gasteiger partial charge in [-0.2, -0.15) is 5.26 Å². The van der Waals surface area contributed by atoms with E-state index in [1.807, 2.05) is 32.0 Å². The summed E-state index contributed by atoms with van der Waals surface area (Å²) in [6.07, 6.45) is 0. The zero-order chi connectivity index (χ0) is 18.6. The number of anilines is 1. The number of carbonyl (C=O) groups is 2. The molecule has 1 aromatic carbocycles. The van der Waals surface area contributed by atoms with Crippen molar-refractivity contribution in [3.8, 4) is 11.8 Å². The highest BCUT2D eigenvalue weighted by atomic mass is 32.1. The van der Waals surface area contributed by atoms with E-state index in [9.17, 15) is 14.9 Å². The Hall–Kier alpha value is -2.85. The Balaban J connectivity index is 2.12. The molecule has 0 fully saturated rings. The number of thiophene rings is 1. The van der Waals surface area contributed by atoms with Crippen LogP contribution in [0.4, 0.5) is 5.00 Å². The molecule has 6 nitrogen and oxygen atoms in total. The molecule has 0 bridgehead atoms. The molecule has 1 N–H and O–H groups in total. The molecule has 0 spiro atoms. The predicted octanol–water partition coefficient (Wildman–Crippen LogP) is 3.35. The number of esters is 1. The van der Waals surface area contributed by atoms with Crippen molar-refractivity contribution >= 4 is 28.2 Å². The van der Waals surface area contributed by atoms with E-state index in [-0.39, 0.29) is 12.2 Å². The van der Waals surface area contributed by atoms with Crippen LogP contribution in [0.15, 0.2) is 18.2 Å². The minimum Gasteiger partial charge on any atom is -0.483 e. The normalized spacial score (nSPS) is 10.0. The van der Waals surface area contributed by atoms with E-state index >= 15 is 0 Å². The number of benzene rings is 1. The maximum atomic E-state index is 12.2. The first kappa shape index (κ1) is 18.5. The molecule has 1 heterocycles. The van der Waals surface area contributed by atoms with Crippen molar-refractivity contribution in [2.75, 3.05) is 19.0 Å². The number of amides is 1. The largest absolute Gasteiger partial charge is 0.483 e. The van der Waals surface area contributed by atoms with Gasteiger partial charge in [-0.05, 0) is 43.5 Å². The second-order valence-corrected chi connectivity index (χ2v) is 6.42. The first-order valence-corrected chi connectivity index (χ1v) is 8.31. The van der Waals surface area contributed by atoms with Crippen LogP contribution in [0.5, 0.6) is 5.75 Å². The van der Waals surface area contributed by atoms with E-state index in [1.54, 1.807) is 13.0 Å². The van der Waals surface area contributed by atoms with E-state index < -0.39 is 11.9 Å². The van der Waals surface area contributed by atoms with Gasteiger partial charge in [0.15, 0.2) is 6.61 Å². The lowest BCUT2D eigenvalue weighted by Crippen LogP contribution is -2.20. The molecule has 2 aromatic rings. The van der Waals surface area contributed by atoms with E-state index in [1.165, 1.54) is 7.11 Å². The Morgan fingerprint density at radius 3 is 2.60 bits per heavy atom. The predicted molar refractivity (Wildman–Crippen MR) is 95.2 cm³/mol. The number of nitriles is 1. The van der Waals surface area contributed by atoms with Crippen LogP contribution in [0.3, 0.4) is 0 Å². The lowest BCUT2D eigenvalue weighted by molar-refractivity contribution is -0.118. The fourth-order valence-electron chi connectivity index (χ4n) is 2.21. The van der Waals surface area contributed by atoms with Crippen molar-refractivity contribution in [1.29, 1.82) is 5.26 Å². The number of nitrogens with one attached hydrogen (secondary N) is 1. The zero-order valence-electron chi connectivity index (χ0n) is 14.4. The summed E-state index contributed by atoms with van der Waals surface area (Å²) >= 11 is 1.01. The number of methoxy groups -OCH3 is 1. The Kier molecular flexibility index (Phi) is 5.78. The van der Waals surface area contributed by atoms with Gasteiger partial charge in [-0.15, -0.1) is 11.3 Å². The molecule has 0 radical (unpaired) electrons. The Bertz CT molecular complexity index is 865. The third kappa shape index (κ3) is 3.98. The second kappa shape index (κ2) is 7.81. The van der Waals surface area contributed by atoms with Gasteiger partial charge in [-0.1, -0.05) is 12.1 Å². The molecule has 7 heteroatoms. The van der Waals surface area contributed by atoms with E-state index in [0.717, 1.165) is 22.5 Å². The second-order valence-electron chi connectivity index (χ2n) is 5.40. The van der Waals surface area contributed by atoms with Crippen LogP contribution >= 0.6 is 11.3 Å². The summed E-state index contributed by atoms with van der Waals surface area (Å²) in [5, 5.41) is 12.2. The van der Waals surface area contributed by atoms with Crippen molar-refractivity contribution in [2.45, 2.75) is 20.8 Å². The first-order chi connectivity index (χ1) is 11.9. The molecular weight excluding hydrogens is 340 g/mol. The molecular formula is C18H18N2O4S. The number of ether oxygens (including phenoxy) is 2. The van der Waals surface area contributed by atoms with Crippen LogP contribution in [0, 0.1) is 32.1 Å². The Morgan fingerprint density at radius 2 is 1.96 bits per heavy atom. The summed E-state index contributed by atoms with van der Waals surface area (Å²) in [5.74, 6) is -0.311. The van der Waals surface area contributed by atoms with Crippen LogP contribution in [-0.4, -0.2) is 25.6 Å².